The SMILES string of the molecule is C=CCCCCCN[C@H](C)c1cccc(Br)c1. The fraction of sp³-hybridized carbons (Fsp3) is 0.467. The molecule has 1 N–H and O–H groups in total. The highest BCUT2D eigenvalue weighted by molar-refractivity contribution is 9.10. The quantitative estimate of drug-likeness (QED) is 0.534. The molecule has 0 heterocycles. The maximum Gasteiger partial charge on any atom is 0.0292 e. The Kier molecular flexibility index (Phi) is 7.22. The molecule has 1 rings (SSSR count). The average Bonchev–Trinajstić information content (AvgIpc) is 2.33. The first-order valence-electron chi connectivity index (χ1n) is 6.34. The van der Waals surface area contributed by atoms with Gasteiger partial charge in [0.25, 0.3) is 0 Å². The number of allylic oxidation sites excluding steroid dienone is 1. The number of hydrogen-bond acceptors (Lipinski definition) is 1. The topological polar surface area (TPSA) is 12.0 Å². The van der Waals surface area contributed by atoms with Crippen LogP contribution in [0.3, 0.4) is 0 Å². The van der Waals surface area contributed by atoms with Crippen LogP contribution >= 0.6 is 15.9 Å². The fourth-order valence-electron chi connectivity index (χ4n) is 1.80. The van der Waals surface area contributed by atoms with E-state index in [2.05, 4.69) is 59.0 Å². The molecule has 0 fully saturated rings. The summed E-state index contributed by atoms with van der Waals surface area (Å²) in [5.41, 5.74) is 1.34. The number of halogens is 1. The van der Waals surface area contributed by atoms with E-state index in [1.165, 1.54) is 24.8 Å². The van der Waals surface area contributed by atoms with Crippen molar-refractivity contribution in [2.45, 2.75) is 38.6 Å². The first-order chi connectivity index (χ1) is 8.24. The minimum Gasteiger partial charge on any atom is -0.310 e. The van der Waals surface area contributed by atoms with E-state index in [0.717, 1.165) is 17.4 Å². The highest BCUT2D eigenvalue weighted by Crippen LogP contribution is 2.17. The van der Waals surface area contributed by atoms with Gasteiger partial charge in [0.15, 0.2) is 0 Å². The van der Waals surface area contributed by atoms with Crippen LogP contribution in [0.1, 0.15) is 44.2 Å². The lowest BCUT2D eigenvalue weighted by Crippen LogP contribution is -2.19. The van der Waals surface area contributed by atoms with Gasteiger partial charge in [-0.25, -0.2) is 0 Å². The van der Waals surface area contributed by atoms with Crippen LogP contribution in [0.4, 0.5) is 0 Å². The van der Waals surface area contributed by atoms with Gasteiger partial charge in [-0.15, -0.1) is 6.58 Å². The number of rotatable bonds is 8. The van der Waals surface area contributed by atoms with Crippen LogP contribution in [0.5, 0.6) is 0 Å². The third kappa shape index (κ3) is 6.04. The molecule has 17 heavy (non-hydrogen) atoms. The van der Waals surface area contributed by atoms with E-state index >= 15 is 0 Å². The third-order valence-electron chi connectivity index (χ3n) is 2.88. The summed E-state index contributed by atoms with van der Waals surface area (Å²) in [4.78, 5) is 0. The molecule has 0 amide bonds. The van der Waals surface area contributed by atoms with Gasteiger partial charge in [-0.05, 0) is 50.4 Å². The molecule has 0 spiro atoms. The van der Waals surface area contributed by atoms with E-state index in [0.29, 0.717) is 6.04 Å². The summed E-state index contributed by atoms with van der Waals surface area (Å²) in [5.74, 6) is 0. The maximum absolute atomic E-state index is 3.73. The van der Waals surface area contributed by atoms with Gasteiger partial charge in [0.2, 0.25) is 0 Å². The number of hydrogen-bond donors (Lipinski definition) is 1. The minimum absolute atomic E-state index is 0.423. The normalized spacial score (nSPS) is 12.4. The molecule has 0 unspecified atom stereocenters. The van der Waals surface area contributed by atoms with Gasteiger partial charge in [-0.1, -0.05) is 40.6 Å². The van der Waals surface area contributed by atoms with Crippen molar-refractivity contribution in [1.29, 1.82) is 0 Å². The van der Waals surface area contributed by atoms with Gasteiger partial charge in [0, 0.05) is 10.5 Å². The summed E-state index contributed by atoms with van der Waals surface area (Å²) in [5, 5.41) is 3.56. The summed E-state index contributed by atoms with van der Waals surface area (Å²) in [6.07, 6.45) is 6.92. The van der Waals surface area contributed by atoms with Gasteiger partial charge in [0.05, 0.1) is 0 Å². The van der Waals surface area contributed by atoms with Gasteiger partial charge in [-0.2, -0.15) is 0 Å². The van der Waals surface area contributed by atoms with Crippen LogP contribution in [-0.2, 0) is 0 Å². The Morgan fingerprint density at radius 3 is 2.88 bits per heavy atom. The van der Waals surface area contributed by atoms with Crippen molar-refractivity contribution in [3.63, 3.8) is 0 Å². The first-order valence-corrected chi connectivity index (χ1v) is 7.13. The molecule has 1 nitrogen and oxygen atoms in total. The summed E-state index contributed by atoms with van der Waals surface area (Å²) in [6.45, 7) is 7.04. The van der Waals surface area contributed by atoms with E-state index < -0.39 is 0 Å². The summed E-state index contributed by atoms with van der Waals surface area (Å²) in [7, 11) is 0. The number of unbranched alkanes of at least 4 members (excludes halogenated alkanes) is 3. The predicted octanol–water partition coefficient (Wildman–Crippen LogP) is 4.85. The highest BCUT2D eigenvalue weighted by Gasteiger charge is 2.03. The van der Waals surface area contributed by atoms with Crippen LogP contribution in [0.15, 0.2) is 41.4 Å². The molecule has 0 aliphatic rings. The summed E-state index contributed by atoms with van der Waals surface area (Å²) >= 11 is 3.50. The van der Waals surface area contributed by atoms with Gasteiger partial charge < -0.3 is 5.32 Å². The highest BCUT2D eigenvalue weighted by atomic mass is 79.9. The van der Waals surface area contributed by atoms with Gasteiger partial charge in [-0.3, -0.25) is 0 Å². The number of nitrogens with one attached hydrogen (secondary N) is 1. The second kappa shape index (κ2) is 8.48. The molecule has 0 bridgehead atoms. The van der Waals surface area contributed by atoms with Gasteiger partial charge in [0.1, 0.15) is 0 Å². The molecule has 0 radical (unpaired) electrons. The van der Waals surface area contributed by atoms with Crippen molar-refractivity contribution in [3.05, 3.63) is 47.0 Å². The monoisotopic (exact) mass is 295 g/mol. The molecule has 0 aromatic heterocycles. The van der Waals surface area contributed by atoms with E-state index in [9.17, 15) is 0 Å². The molecular formula is C15H22BrN. The molecule has 0 saturated heterocycles. The molecule has 0 aliphatic heterocycles. The smallest absolute Gasteiger partial charge is 0.0292 e. The lowest BCUT2D eigenvalue weighted by atomic mass is 10.1. The molecule has 0 saturated carbocycles. The Bertz CT molecular complexity index is 335. The Morgan fingerprint density at radius 2 is 2.18 bits per heavy atom. The molecule has 2 heteroatoms. The zero-order valence-corrected chi connectivity index (χ0v) is 12.2. The van der Waals surface area contributed by atoms with Crippen LogP contribution < -0.4 is 5.32 Å². The Balaban J connectivity index is 2.21. The second-order valence-electron chi connectivity index (χ2n) is 4.37. The van der Waals surface area contributed by atoms with E-state index in [-0.39, 0.29) is 0 Å². The van der Waals surface area contributed by atoms with Crippen LogP contribution in [0.2, 0.25) is 0 Å². The fourth-order valence-corrected chi connectivity index (χ4v) is 2.22. The molecule has 1 atom stereocenters. The molecule has 94 valence electrons. The van der Waals surface area contributed by atoms with E-state index in [1.807, 2.05) is 6.08 Å². The summed E-state index contributed by atoms with van der Waals surface area (Å²) in [6, 6.07) is 8.91. The van der Waals surface area contributed by atoms with Crippen molar-refractivity contribution in [2.24, 2.45) is 0 Å². The average molecular weight is 296 g/mol. The van der Waals surface area contributed by atoms with E-state index in [1.54, 1.807) is 0 Å². The predicted molar refractivity (Wildman–Crippen MR) is 79.2 cm³/mol. The Labute approximate surface area is 113 Å². The van der Waals surface area contributed by atoms with Crippen molar-refractivity contribution >= 4 is 15.9 Å². The largest absolute Gasteiger partial charge is 0.310 e. The van der Waals surface area contributed by atoms with Crippen molar-refractivity contribution < 1.29 is 0 Å². The minimum atomic E-state index is 0.423. The van der Waals surface area contributed by atoms with Crippen molar-refractivity contribution in [3.8, 4) is 0 Å². The molecule has 1 aromatic rings. The number of benzene rings is 1. The second-order valence-corrected chi connectivity index (χ2v) is 5.28. The summed E-state index contributed by atoms with van der Waals surface area (Å²) < 4.78 is 1.15. The molecule has 1 aromatic carbocycles. The zero-order chi connectivity index (χ0) is 12.5. The third-order valence-corrected chi connectivity index (χ3v) is 3.38. The van der Waals surface area contributed by atoms with Crippen LogP contribution in [0.25, 0.3) is 0 Å². The Hall–Kier alpha value is -0.600. The maximum atomic E-state index is 3.73. The lowest BCUT2D eigenvalue weighted by molar-refractivity contribution is 0.539. The van der Waals surface area contributed by atoms with Crippen molar-refractivity contribution in [2.75, 3.05) is 6.54 Å². The first kappa shape index (κ1) is 14.5. The van der Waals surface area contributed by atoms with E-state index in [4.69, 9.17) is 0 Å². The van der Waals surface area contributed by atoms with Gasteiger partial charge >= 0.3 is 0 Å². The van der Waals surface area contributed by atoms with Crippen LogP contribution in [-0.4, -0.2) is 6.54 Å². The molecule has 0 aliphatic carbocycles. The lowest BCUT2D eigenvalue weighted by Gasteiger charge is -2.14. The standard InChI is InChI=1S/C15H22BrN/c1-3-4-5-6-7-11-17-13(2)14-9-8-10-15(16)12-14/h3,8-10,12-13,17H,1,4-7,11H2,2H3/t13-/m1/s1. The van der Waals surface area contributed by atoms with Crippen molar-refractivity contribution in [1.82, 2.24) is 5.32 Å². The van der Waals surface area contributed by atoms with Crippen LogP contribution in [0, 0.1) is 0 Å². The molecular weight excluding hydrogens is 274 g/mol. The zero-order valence-electron chi connectivity index (χ0n) is 10.6. The Morgan fingerprint density at radius 1 is 1.35 bits per heavy atom.